The fraction of sp³-hybridized carbons (Fsp3) is 0.154. The number of carboxylic acid groups (broad SMARTS) is 1. The van der Waals surface area contributed by atoms with Gasteiger partial charge in [-0.25, -0.2) is 14.8 Å². The number of carboxylic acids is 1. The van der Waals surface area contributed by atoms with E-state index in [1.54, 1.807) is 12.3 Å². The molecule has 0 aliphatic carbocycles. The summed E-state index contributed by atoms with van der Waals surface area (Å²) in [6.07, 6.45) is 3.35. The van der Waals surface area contributed by atoms with E-state index in [0.717, 1.165) is 5.56 Å². The first-order chi connectivity index (χ1) is 8.75. The maximum Gasteiger partial charge on any atom is 0.326 e. The number of hydrogen-bond donors (Lipinski definition) is 2. The van der Waals surface area contributed by atoms with E-state index in [0.29, 0.717) is 12.2 Å². The van der Waals surface area contributed by atoms with Crippen LogP contribution in [0, 0.1) is 0 Å². The molecule has 0 unspecified atom stereocenters. The molecule has 2 aromatic rings. The zero-order chi connectivity index (χ0) is 12.8. The van der Waals surface area contributed by atoms with Gasteiger partial charge < -0.3 is 10.4 Å². The molecular formula is C13H13N3O2. The molecule has 0 bridgehead atoms. The van der Waals surface area contributed by atoms with Crippen molar-refractivity contribution < 1.29 is 9.90 Å². The van der Waals surface area contributed by atoms with Gasteiger partial charge in [-0.05, 0) is 11.6 Å². The SMILES string of the molecule is O=C(O)[C@@H](Cc1ccccc1)Nc1ccncn1. The summed E-state index contributed by atoms with van der Waals surface area (Å²) in [6, 6.07) is 10.4. The van der Waals surface area contributed by atoms with E-state index in [1.165, 1.54) is 6.33 Å². The maximum absolute atomic E-state index is 11.2. The summed E-state index contributed by atoms with van der Waals surface area (Å²) in [5, 5.41) is 12.1. The van der Waals surface area contributed by atoms with Crippen LogP contribution in [0.4, 0.5) is 5.82 Å². The Balaban J connectivity index is 2.08. The second-order valence-corrected chi connectivity index (χ2v) is 3.82. The Bertz CT molecular complexity index is 461. The zero-order valence-electron chi connectivity index (χ0n) is 9.65. The van der Waals surface area contributed by atoms with Gasteiger partial charge in [0, 0.05) is 12.6 Å². The summed E-state index contributed by atoms with van der Waals surface area (Å²) < 4.78 is 0. The minimum atomic E-state index is -0.905. The molecule has 0 fully saturated rings. The Morgan fingerprint density at radius 3 is 2.67 bits per heavy atom. The van der Waals surface area contributed by atoms with Crippen LogP contribution in [0.5, 0.6) is 0 Å². The summed E-state index contributed by atoms with van der Waals surface area (Å²) >= 11 is 0. The summed E-state index contributed by atoms with van der Waals surface area (Å²) in [5.74, 6) is -0.397. The van der Waals surface area contributed by atoms with E-state index < -0.39 is 12.0 Å². The third kappa shape index (κ3) is 3.28. The van der Waals surface area contributed by atoms with E-state index in [9.17, 15) is 9.90 Å². The van der Waals surface area contributed by atoms with Crippen molar-refractivity contribution in [3.63, 3.8) is 0 Å². The first-order valence-electron chi connectivity index (χ1n) is 5.55. The number of anilines is 1. The number of hydrogen-bond acceptors (Lipinski definition) is 4. The summed E-state index contributed by atoms with van der Waals surface area (Å²) in [7, 11) is 0. The second-order valence-electron chi connectivity index (χ2n) is 3.82. The molecule has 0 aliphatic rings. The molecule has 0 saturated heterocycles. The average Bonchev–Trinajstić information content (AvgIpc) is 2.40. The van der Waals surface area contributed by atoms with Crippen molar-refractivity contribution in [2.24, 2.45) is 0 Å². The molecule has 0 amide bonds. The largest absolute Gasteiger partial charge is 0.480 e. The van der Waals surface area contributed by atoms with Crippen molar-refractivity contribution in [3.8, 4) is 0 Å². The molecular weight excluding hydrogens is 230 g/mol. The minimum absolute atomic E-state index is 0.403. The van der Waals surface area contributed by atoms with Gasteiger partial charge in [-0.2, -0.15) is 0 Å². The molecule has 1 aromatic carbocycles. The molecule has 18 heavy (non-hydrogen) atoms. The van der Waals surface area contributed by atoms with Gasteiger partial charge in [0.25, 0.3) is 0 Å². The standard InChI is InChI=1S/C13H13N3O2/c17-13(18)11(8-10-4-2-1-3-5-10)16-12-6-7-14-9-15-12/h1-7,9,11H,8H2,(H,17,18)(H,14,15,16)/t11-/m1/s1. The summed E-state index contributed by atoms with van der Waals surface area (Å²) in [5.41, 5.74) is 0.964. The van der Waals surface area contributed by atoms with Crippen molar-refractivity contribution in [1.29, 1.82) is 0 Å². The van der Waals surface area contributed by atoms with Gasteiger partial charge in [-0.3, -0.25) is 0 Å². The van der Waals surface area contributed by atoms with Gasteiger partial charge in [-0.15, -0.1) is 0 Å². The van der Waals surface area contributed by atoms with E-state index in [1.807, 2.05) is 30.3 Å². The van der Waals surface area contributed by atoms with Crippen molar-refractivity contribution in [2.75, 3.05) is 5.32 Å². The number of nitrogens with zero attached hydrogens (tertiary/aromatic N) is 2. The van der Waals surface area contributed by atoms with E-state index in [4.69, 9.17) is 0 Å². The lowest BCUT2D eigenvalue weighted by molar-refractivity contribution is -0.137. The molecule has 2 N–H and O–H groups in total. The quantitative estimate of drug-likeness (QED) is 0.834. The van der Waals surface area contributed by atoms with Crippen LogP contribution in [0.25, 0.3) is 0 Å². The fourth-order valence-corrected chi connectivity index (χ4v) is 1.60. The molecule has 1 heterocycles. The third-order valence-corrected chi connectivity index (χ3v) is 2.48. The molecule has 2 rings (SSSR count). The lowest BCUT2D eigenvalue weighted by Gasteiger charge is -2.14. The normalized spacial score (nSPS) is 11.8. The van der Waals surface area contributed by atoms with Gasteiger partial charge in [0.15, 0.2) is 0 Å². The van der Waals surface area contributed by atoms with Crippen molar-refractivity contribution in [1.82, 2.24) is 9.97 Å². The number of aromatic nitrogens is 2. The number of carbonyl (C=O) groups is 1. The predicted octanol–water partition coefficient (Wildman–Crippen LogP) is 1.58. The molecule has 92 valence electrons. The topological polar surface area (TPSA) is 75.1 Å². The Kier molecular flexibility index (Phi) is 3.86. The number of rotatable bonds is 5. The van der Waals surface area contributed by atoms with Crippen LogP contribution in [0.2, 0.25) is 0 Å². The number of benzene rings is 1. The van der Waals surface area contributed by atoms with Crippen molar-refractivity contribution in [3.05, 3.63) is 54.5 Å². The summed E-state index contributed by atoms with van der Waals surface area (Å²) in [6.45, 7) is 0. The van der Waals surface area contributed by atoms with Crippen LogP contribution in [-0.2, 0) is 11.2 Å². The number of nitrogens with one attached hydrogen (secondary N) is 1. The van der Waals surface area contributed by atoms with Crippen molar-refractivity contribution >= 4 is 11.8 Å². The molecule has 5 nitrogen and oxygen atoms in total. The maximum atomic E-state index is 11.2. The molecule has 1 atom stereocenters. The lowest BCUT2D eigenvalue weighted by atomic mass is 10.1. The van der Waals surface area contributed by atoms with Crippen LogP contribution in [-0.4, -0.2) is 27.1 Å². The molecule has 5 heteroatoms. The van der Waals surface area contributed by atoms with E-state index >= 15 is 0 Å². The van der Waals surface area contributed by atoms with Gasteiger partial charge in [0.1, 0.15) is 18.2 Å². The van der Waals surface area contributed by atoms with E-state index in [-0.39, 0.29) is 0 Å². The number of aliphatic carboxylic acids is 1. The highest BCUT2D eigenvalue weighted by Crippen LogP contribution is 2.08. The first-order valence-corrected chi connectivity index (χ1v) is 5.55. The molecule has 0 aliphatic heterocycles. The third-order valence-electron chi connectivity index (χ3n) is 2.48. The van der Waals surface area contributed by atoms with Crippen LogP contribution in [0.1, 0.15) is 5.56 Å². The van der Waals surface area contributed by atoms with Gasteiger partial charge in [0.05, 0.1) is 0 Å². The van der Waals surface area contributed by atoms with Crippen LogP contribution < -0.4 is 5.32 Å². The van der Waals surface area contributed by atoms with E-state index in [2.05, 4.69) is 15.3 Å². The highest BCUT2D eigenvalue weighted by atomic mass is 16.4. The minimum Gasteiger partial charge on any atom is -0.480 e. The molecule has 0 saturated carbocycles. The smallest absolute Gasteiger partial charge is 0.326 e. The van der Waals surface area contributed by atoms with Crippen LogP contribution >= 0.6 is 0 Å². The Labute approximate surface area is 105 Å². The van der Waals surface area contributed by atoms with Gasteiger partial charge in [0.2, 0.25) is 0 Å². The zero-order valence-corrected chi connectivity index (χ0v) is 9.65. The fourth-order valence-electron chi connectivity index (χ4n) is 1.60. The second kappa shape index (κ2) is 5.77. The Morgan fingerprint density at radius 1 is 1.28 bits per heavy atom. The van der Waals surface area contributed by atoms with Gasteiger partial charge >= 0.3 is 5.97 Å². The van der Waals surface area contributed by atoms with Crippen molar-refractivity contribution in [2.45, 2.75) is 12.5 Å². The lowest BCUT2D eigenvalue weighted by Crippen LogP contribution is -2.31. The predicted molar refractivity (Wildman–Crippen MR) is 67.2 cm³/mol. The first kappa shape index (κ1) is 12.0. The summed E-state index contributed by atoms with van der Waals surface area (Å²) in [4.78, 5) is 18.9. The monoisotopic (exact) mass is 243 g/mol. The Morgan fingerprint density at radius 2 is 2.06 bits per heavy atom. The average molecular weight is 243 g/mol. The van der Waals surface area contributed by atoms with Crippen LogP contribution in [0.15, 0.2) is 48.9 Å². The molecule has 1 aromatic heterocycles. The Hall–Kier alpha value is -2.43. The highest BCUT2D eigenvalue weighted by Gasteiger charge is 2.17. The molecule has 0 radical (unpaired) electrons. The van der Waals surface area contributed by atoms with Gasteiger partial charge in [-0.1, -0.05) is 30.3 Å². The molecule has 0 spiro atoms. The highest BCUT2D eigenvalue weighted by molar-refractivity contribution is 5.77. The van der Waals surface area contributed by atoms with Crippen LogP contribution in [0.3, 0.4) is 0 Å².